The largest absolute Gasteiger partial charge is 0.381 e. The molecule has 6 nitrogen and oxygen atoms in total. The van der Waals surface area contributed by atoms with Crippen LogP contribution in [-0.4, -0.2) is 98.2 Å². The fourth-order valence-corrected chi connectivity index (χ4v) is 6.47. The maximum atomic E-state index is 5.60. The SMILES string of the molecule is C.COCC[n+]1c(N(CCC[N+](C)(C)C)CCC[N+](C)(C)C)cc(C=C2Sc3ccccc3N2C)c2ccccc21. The maximum Gasteiger partial charge on any atom is 0.277 e. The first-order valence-corrected chi connectivity index (χ1v) is 15.3. The number of nitrogens with zero attached hydrogens (tertiary/aromatic N) is 5. The van der Waals surface area contributed by atoms with Gasteiger partial charge in [-0.05, 0) is 29.8 Å². The van der Waals surface area contributed by atoms with Gasteiger partial charge in [0.25, 0.3) is 5.82 Å². The van der Waals surface area contributed by atoms with Gasteiger partial charge in [-0.1, -0.05) is 49.5 Å². The Morgan fingerprint density at radius 1 is 0.902 bits per heavy atom. The normalized spacial score (nSPS) is 14.4. The Morgan fingerprint density at radius 2 is 1.51 bits per heavy atom. The topological polar surface area (TPSA) is 19.6 Å². The third-order valence-electron chi connectivity index (χ3n) is 7.47. The molecule has 0 N–H and O–H groups in total. The van der Waals surface area contributed by atoms with Gasteiger partial charge in [-0.25, -0.2) is 4.57 Å². The van der Waals surface area contributed by atoms with Crippen LogP contribution in [0.25, 0.3) is 17.0 Å². The fraction of sp³-hybridized carbons (Fsp3) is 0.500. The van der Waals surface area contributed by atoms with Crippen LogP contribution in [0.15, 0.2) is 64.5 Å². The van der Waals surface area contributed by atoms with Crippen LogP contribution in [0.1, 0.15) is 25.8 Å². The van der Waals surface area contributed by atoms with Gasteiger partial charge in [0.05, 0.1) is 85.8 Å². The lowest BCUT2D eigenvalue weighted by atomic mass is 10.1. The number of anilines is 2. The molecular weight excluding hydrogens is 526 g/mol. The van der Waals surface area contributed by atoms with E-state index < -0.39 is 0 Å². The van der Waals surface area contributed by atoms with Gasteiger partial charge < -0.3 is 18.6 Å². The van der Waals surface area contributed by atoms with Crippen LogP contribution >= 0.6 is 11.8 Å². The van der Waals surface area contributed by atoms with Gasteiger partial charge in [0.15, 0.2) is 0 Å². The lowest BCUT2D eigenvalue weighted by molar-refractivity contribution is -0.870. The summed E-state index contributed by atoms with van der Waals surface area (Å²) in [6.07, 6.45) is 4.68. The van der Waals surface area contributed by atoms with Crippen molar-refractivity contribution in [2.75, 3.05) is 99.0 Å². The van der Waals surface area contributed by atoms with Crippen LogP contribution < -0.4 is 14.4 Å². The number of hydrogen-bond acceptors (Lipinski definition) is 4. The molecule has 0 unspecified atom stereocenters. The van der Waals surface area contributed by atoms with Crippen molar-refractivity contribution >= 4 is 40.2 Å². The zero-order chi connectivity index (χ0) is 28.9. The smallest absolute Gasteiger partial charge is 0.277 e. The van der Waals surface area contributed by atoms with E-state index >= 15 is 0 Å². The summed E-state index contributed by atoms with van der Waals surface area (Å²) in [7, 11) is 17.7. The maximum absolute atomic E-state index is 5.60. The summed E-state index contributed by atoms with van der Waals surface area (Å²) in [4.78, 5) is 6.27. The molecule has 0 amide bonds. The molecule has 0 aliphatic carbocycles. The first-order chi connectivity index (χ1) is 19.0. The van der Waals surface area contributed by atoms with Gasteiger partial charge in [0, 0.05) is 43.3 Å². The molecule has 1 aliphatic heterocycles. The number of ether oxygens (including phenoxy) is 1. The van der Waals surface area contributed by atoms with Crippen molar-refractivity contribution in [2.45, 2.75) is 31.7 Å². The average Bonchev–Trinajstić information content (AvgIpc) is 3.20. The highest BCUT2D eigenvalue weighted by Gasteiger charge is 2.27. The third kappa shape index (κ3) is 8.71. The molecule has 224 valence electrons. The van der Waals surface area contributed by atoms with E-state index in [4.69, 9.17) is 4.74 Å². The lowest BCUT2D eigenvalue weighted by Gasteiger charge is -2.27. The number of para-hydroxylation sites is 2. The summed E-state index contributed by atoms with van der Waals surface area (Å²) in [6.45, 7) is 5.87. The van der Waals surface area contributed by atoms with E-state index in [0.29, 0.717) is 6.61 Å². The number of aromatic nitrogens is 1. The Kier molecular flexibility index (Phi) is 11.3. The van der Waals surface area contributed by atoms with Crippen LogP contribution in [0, 0.1) is 0 Å². The Hall–Kier alpha value is -2.58. The Morgan fingerprint density at radius 3 is 2.12 bits per heavy atom. The standard InChI is InChI=1S/C33H50N5OS.CH4/c1-34-30-17-11-12-18-31(30)40-33(34)26-27-25-32(36(21-24-39-8)29-16-10-9-15-28(27)29)35(19-13-22-37(2,3)4)20-14-23-38(5,6)7;/h9-12,15-18,25-26H,13-14,19-24H2,1-8H3;1H4/q+3;. The monoisotopic (exact) mass is 580 g/mol. The molecule has 0 saturated carbocycles. The minimum Gasteiger partial charge on any atom is -0.381 e. The van der Waals surface area contributed by atoms with Crippen LogP contribution in [0.4, 0.5) is 11.5 Å². The second-order valence-electron chi connectivity index (χ2n) is 13.0. The molecule has 4 rings (SSSR count). The quantitative estimate of drug-likeness (QED) is 0.184. The highest BCUT2D eigenvalue weighted by Crippen LogP contribution is 2.45. The van der Waals surface area contributed by atoms with E-state index in [1.165, 1.54) is 37.9 Å². The van der Waals surface area contributed by atoms with Crippen molar-refractivity contribution in [1.82, 2.24) is 0 Å². The highest BCUT2D eigenvalue weighted by atomic mass is 32.2. The Labute approximate surface area is 254 Å². The zero-order valence-corrected chi connectivity index (χ0v) is 26.8. The molecule has 41 heavy (non-hydrogen) atoms. The molecule has 2 heterocycles. The average molecular weight is 581 g/mol. The summed E-state index contributed by atoms with van der Waals surface area (Å²) in [5, 5.41) is 2.53. The number of benzene rings is 2. The highest BCUT2D eigenvalue weighted by molar-refractivity contribution is 8.03. The first kappa shape index (κ1) is 32.9. The first-order valence-electron chi connectivity index (χ1n) is 14.5. The van der Waals surface area contributed by atoms with Gasteiger partial charge in [0.2, 0.25) is 0 Å². The molecular formula is C34H54N5OS+3. The van der Waals surface area contributed by atoms with E-state index in [2.05, 4.69) is 124 Å². The van der Waals surface area contributed by atoms with Crippen molar-refractivity contribution in [2.24, 2.45) is 0 Å². The number of hydrogen-bond donors (Lipinski definition) is 0. The predicted molar refractivity (Wildman–Crippen MR) is 179 cm³/mol. The van der Waals surface area contributed by atoms with Crippen molar-refractivity contribution < 1.29 is 18.3 Å². The second-order valence-corrected chi connectivity index (χ2v) is 14.0. The second kappa shape index (κ2) is 14.1. The summed E-state index contributed by atoms with van der Waals surface area (Å²) in [5.74, 6) is 1.29. The molecule has 7 heteroatoms. The predicted octanol–water partition coefficient (Wildman–Crippen LogP) is 5.95. The molecule has 0 bridgehead atoms. The summed E-state index contributed by atoms with van der Waals surface area (Å²) >= 11 is 1.86. The van der Waals surface area contributed by atoms with Crippen LogP contribution in [-0.2, 0) is 11.3 Å². The molecule has 1 aromatic heterocycles. The number of rotatable bonds is 13. The molecule has 2 aromatic carbocycles. The van der Waals surface area contributed by atoms with E-state index in [-0.39, 0.29) is 7.43 Å². The molecule has 3 aromatic rings. The zero-order valence-electron chi connectivity index (χ0n) is 26.0. The van der Waals surface area contributed by atoms with Crippen molar-refractivity contribution in [1.29, 1.82) is 0 Å². The van der Waals surface area contributed by atoms with Crippen molar-refractivity contribution in [3.8, 4) is 0 Å². The van der Waals surface area contributed by atoms with Crippen LogP contribution in [0.2, 0.25) is 0 Å². The Bertz CT molecular complexity index is 1300. The molecule has 0 atom stereocenters. The van der Waals surface area contributed by atoms with Gasteiger partial charge in [-0.2, -0.15) is 0 Å². The molecule has 0 spiro atoms. The van der Waals surface area contributed by atoms with Gasteiger partial charge in [0.1, 0.15) is 12.1 Å². The van der Waals surface area contributed by atoms with Crippen molar-refractivity contribution in [3.05, 3.63) is 65.2 Å². The van der Waals surface area contributed by atoms with E-state index in [1.807, 2.05) is 11.8 Å². The van der Waals surface area contributed by atoms with Gasteiger partial charge in [-0.3, -0.25) is 4.90 Å². The lowest BCUT2D eigenvalue weighted by Crippen LogP contribution is -2.47. The fourth-order valence-electron chi connectivity index (χ4n) is 5.36. The Balaban J connectivity index is 0.00000462. The van der Waals surface area contributed by atoms with Gasteiger partial charge >= 0.3 is 0 Å². The summed E-state index contributed by atoms with van der Waals surface area (Å²) < 4.78 is 10.1. The molecule has 1 aliphatic rings. The minimum atomic E-state index is 0. The summed E-state index contributed by atoms with van der Waals surface area (Å²) in [6, 6.07) is 20.0. The number of methoxy groups -OCH3 is 1. The number of thioether (sulfide) groups is 1. The van der Waals surface area contributed by atoms with Crippen LogP contribution in [0.3, 0.4) is 0 Å². The van der Waals surface area contributed by atoms with E-state index in [1.54, 1.807) is 7.11 Å². The molecule has 0 fully saturated rings. The summed E-state index contributed by atoms with van der Waals surface area (Å²) in [5.41, 5.74) is 3.80. The van der Waals surface area contributed by atoms with Crippen LogP contribution in [0.5, 0.6) is 0 Å². The third-order valence-corrected chi connectivity index (χ3v) is 8.64. The van der Waals surface area contributed by atoms with Crippen molar-refractivity contribution in [3.63, 3.8) is 0 Å². The molecule has 0 saturated heterocycles. The van der Waals surface area contributed by atoms with Gasteiger partial charge in [-0.15, -0.1) is 0 Å². The minimum absolute atomic E-state index is 0. The van der Waals surface area contributed by atoms with E-state index in [0.717, 1.165) is 54.5 Å². The number of quaternary nitrogens is 2. The number of pyridine rings is 1. The van der Waals surface area contributed by atoms with E-state index in [9.17, 15) is 0 Å². The number of fused-ring (bicyclic) bond motifs is 2. The molecule has 0 radical (unpaired) electrons.